The van der Waals surface area contributed by atoms with Crippen molar-refractivity contribution in [1.29, 1.82) is 0 Å². The second kappa shape index (κ2) is 7.30. The first-order valence-electron chi connectivity index (χ1n) is 6.25. The Bertz CT molecular complexity index is 307. The van der Waals surface area contributed by atoms with Crippen LogP contribution < -0.4 is 10.1 Å². The molecule has 0 heterocycles. The Morgan fingerprint density at radius 3 is 2.24 bits per heavy atom. The van der Waals surface area contributed by atoms with Crippen LogP contribution in [0.25, 0.3) is 0 Å². The highest BCUT2D eigenvalue weighted by Gasteiger charge is 2.13. The number of methoxy groups -OCH3 is 1. The zero-order chi connectivity index (χ0) is 12.7. The molecule has 0 bridgehead atoms. The number of ether oxygens (including phenoxy) is 1. The fourth-order valence-corrected chi connectivity index (χ4v) is 1.87. The van der Waals surface area contributed by atoms with Gasteiger partial charge in [-0.25, -0.2) is 0 Å². The van der Waals surface area contributed by atoms with Crippen molar-refractivity contribution < 1.29 is 9.84 Å². The molecule has 1 unspecified atom stereocenters. The second-order valence-electron chi connectivity index (χ2n) is 4.19. The number of nitrogens with one attached hydrogen (secondary N) is 1. The fourth-order valence-electron chi connectivity index (χ4n) is 1.87. The van der Waals surface area contributed by atoms with Gasteiger partial charge in [0, 0.05) is 12.1 Å². The van der Waals surface area contributed by atoms with Crippen LogP contribution in [0.1, 0.15) is 38.3 Å². The van der Waals surface area contributed by atoms with E-state index in [4.69, 9.17) is 4.74 Å². The van der Waals surface area contributed by atoms with Gasteiger partial charge in [-0.1, -0.05) is 26.0 Å². The summed E-state index contributed by atoms with van der Waals surface area (Å²) in [5.41, 5.74) is 1.24. The lowest BCUT2D eigenvalue weighted by Gasteiger charge is -2.23. The van der Waals surface area contributed by atoms with E-state index in [1.54, 1.807) is 7.11 Å². The van der Waals surface area contributed by atoms with Crippen LogP contribution in [0.15, 0.2) is 24.3 Å². The molecule has 0 aliphatic rings. The molecule has 2 N–H and O–H groups in total. The minimum atomic E-state index is 0.169. The molecule has 2 atom stereocenters. The van der Waals surface area contributed by atoms with Crippen molar-refractivity contribution in [2.24, 2.45) is 0 Å². The van der Waals surface area contributed by atoms with E-state index in [1.165, 1.54) is 5.56 Å². The molecule has 96 valence electrons. The van der Waals surface area contributed by atoms with E-state index in [1.807, 2.05) is 12.1 Å². The molecule has 0 aromatic heterocycles. The standard InChI is InChI=1S/C14H23NO2/c1-4-12(10-16)15-14(5-2)11-6-8-13(17-3)9-7-11/h6-9,12,14-16H,4-5,10H2,1-3H3/t12-,14?/m0/s1. The van der Waals surface area contributed by atoms with E-state index >= 15 is 0 Å². The molecule has 1 aromatic carbocycles. The number of aliphatic hydroxyl groups is 1. The maximum Gasteiger partial charge on any atom is 0.118 e. The van der Waals surface area contributed by atoms with E-state index in [-0.39, 0.29) is 18.7 Å². The van der Waals surface area contributed by atoms with Gasteiger partial charge >= 0.3 is 0 Å². The average Bonchev–Trinajstić information content (AvgIpc) is 2.40. The van der Waals surface area contributed by atoms with Gasteiger partial charge in [0.2, 0.25) is 0 Å². The third kappa shape index (κ3) is 4.02. The molecule has 0 aliphatic carbocycles. The van der Waals surface area contributed by atoms with E-state index < -0.39 is 0 Å². The van der Waals surface area contributed by atoms with Gasteiger partial charge < -0.3 is 15.2 Å². The summed E-state index contributed by atoms with van der Waals surface area (Å²) in [6.45, 7) is 4.41. The molecule has 0 spiro atoms. The number of rotatable bonds is 7. The van der Waals surface area contributed by atoms with E-state index in [0.29, 0.717) is 0 Å². The van der Waals surface area contributed by atoms with Crippen molar-refractivity contribution in [3.05, 3.63) is 29.8 Å². The van der Waals surface area contributed by atoms with Crippen LogP contribution in [-0.2, 0) is 0 Å². The third-order valence-electron chi connectivity index (χ3n) is 3.08. The van der Waals surface area contributed by atoms with Gasteiger partial charge in [0.1, 0.15) is 5.75 Å². The lowest BCUT2D eigenvalue weighted by molar-refractivity contribution is 0.226. The highest BCUT2D eigenvalue weighted by atomic mass is 16.5. The second-order valence-corrected chi connectivity index (χ2v) is 4.19. The van der Waals surface area contributed by atoms with Crippen LogP contribution in [0.3, 0.4) is 0 Å². The van der Waals surface area contributed by atoms with Crippen LogP contribution in [0.2, 0.25) is 0 Å². The van der Waals surface area contributed by atoms with Crippen molar-refractivity contribution in [2.45, 2.75) is 38.8 Å². The van der Waals surface area contributed by atoms with Gasteiger partial charge in [-0.3, -0.25) is 0 Å². The molecule has 0 amide bonds. The highest BCUT2D eigenvalue weighted by molar-refractivity contribution is 5.29. The molecule has 1 aromatic rings. The molecule has 0 saturated heterocycles. The van der Waals surface area contributed by atoms with Gasteiger partial charge in [0.15, 0.2) is 0 Å². The number of benzene rings is 1. The van der Waals surface area contributed by atoms with Gasteiger partial charge in [0.25, 0.3) is 0 Å². The number of hydrogen-bond acceptors (Lipinski definition) is 3. The Kier molecular flexibility index (Phi) is 6.01. The molecule has 0 saturated carbocycles. The predicted octanol–water partition coefficient (Wildman–Crippen LogP) is 2.51. The maximum absolute atomic E-state index is 9.22. The van der Waals surface area contributed by atoms with Gasteiger partial charge in [-0.15, -0.1) is 0 Å². The summed E-state index contributed by atoms with van der Waals surface area (Å²) < 4.78 is 5.15. The lowest BCUT2D eigenvalue weighted by Crippen LogP contribution is -2.34. The van der Waals surface area contributed by atoms with Crippen molar-refractivity contribution in [3.8, 4) is 5.75 Å². The Morgan fingerprint density at radius 1 is 1.18 bits per heavy atom. The Balaban J connectivity index is 2.71. The molecule has 17 heavy (non-hydrogen) atoms. The summed E-state index contributed by atoms with van der Waals surface area (Å²) in [5.74, 6) is 0.873. The first-order valence-corrected chi connectivity index (χ1v) is 6.25. The zero-order valence-corrected chi connectivity index (χ0v) is 10.9. The van der Waals surface area contributed by atoms with Crippen molar-refractivity contribution in [1.82, 2.24) is 5.32 Å². The van der Waals surface area contributed by atoms with Crippen molar-refractivity contribution in [3.63, 3.8) is 0 Å². The predicted molar refractivity (Wildman–Crippen MR) is 70.3 cm³/mol. The Morgan fingerprint density at radius 2 is 1.82 bits per heavy atom. The van der Waals surface area contributed by atoms with Crippen LogP contribution in [0, 0.1) is 0 Å². The molecule has 3 heteroatoms. The smallest absolute Gasteiger partial charge is 0.118 e. The summed E-state index contributed by atoms with van der Waals surface area (Å²) >= 11 is 0. The zero-order valence-electron chi connectivity index (χ0n) is 10.9. The SMILES string of the molecule is CCC(N[C@@H](CC)CO)c1ccc(OC)cc1. The summed E-state index contributed by atoms with van der Waals surface area (Å²) in [4.78, 5) is 0. The van der Waals surface area contributed by atoms with Gasteiger partial charge in [-0.05, 0) is 30.5 Å². The molecule has 1 rings (SSSR count). The Labute approximate surface area is 104 Å². The molecule has 0 radical (unpaired) electrons. The lowest BCUT2D eigenvalue weighted by atomic mass is 10.0. The van der Waals surface area contributed by atoms with Gasteiger partial charge in [0.05, 0.1) is 13.7 Å². The quantitative estimate of drug-likeness (QED) is 0.765. The normalized spacial score (nSPS) is 14.4. The summed E-state index contributed by atoms with van der Waals surface area (Å²) in [6.07, 6.45) is 1.94. The van der Waals surface area contributed by atoms with Crippen LogP contribution in [0.5, 0.6) is 5.75 Å². The first-order chi connectivity index (χ1) is 8.24. The van der Waals surface area contributed by atoms with E-state index in [0.717, 1.165) is 18.6 Å². The average molecular weight is 237 g/mol. The maximum atomic E-state index is 9.22. The van der Waals surface area contributed by atoms with Crippen molar-refractivity contribution in [2.75, 3.05) is 13.7 Å². The molecule has 0 fully saturated rings. The highest BCUT2D eigenvalue weighted by Crippen LogP contribution is 2.20. The number of hydrogen-bond donors (Lipinski definition) is 2. The van der Waals surface area contributed by atoms with Gasteiger partial charge in [-0.2, -0.15) is 0 Å². The van der Waals surface area contributed by atoms with Crippen LogP contribution in [0.4, 0.5) is 0 Å². The Hall–Kier alpha value is -1.06. The summed E-state index contributed by atoms with van der Waals surface area (Å²) in [6, 6.07) is 8.55. The molecular weight excluding hydrogens is 214 g/mol. The summed E-state index contributed by atoms with van der Waals surface area (Å²) in [7, 11) is 1.67. The fraction of sp³-hybridized carbons (Fsp3) is 0.571. The number of aliphatic hydroxyl groups excluding tert-OH is 1. The molecular formula is C14H23NO2. The minimum Gasteiger partial charge on any atom is -0.497 e. The largest absolute Gasteiger partial charge is 0.497 e. The molecule has 0 aliphatic heterocycles. The van der Waals surface area contributed by atoms with Crippen LogP contribution in [-0.4, -0.2) is 24.9 Å². The minimum absolute atomic E-state index is 0.169. The third-order valence-corrected chi connectivity index (χ3v) is 3.08. The monoisotopic (exact) mass is 237 g/mol. The van der Waals surface area contributed by atoms with Crippen LogP contribution >= 0.6 is 0 Å². The topological polar surface area (TPSA) is 41.5 Å². The van der Waals surface area contributed by atoms with E-state index in [2.05, 4.69) is 31.3 Å². The van der Waals surface area contributed by atoms with E-state index in [9.17, 15) is 5.11 Å². The summed E-state index contributed by atoms with van der Waals surface area (Å²) in [5, 5.41) is 12.7. The molecule has 3 nitrogen and oxygen atoms in total. The van der Waals surface area contributed by atoms with Crippen molar-refractivity contribution >= 4 is 0 Å². The first kappa shape index (κ1) is 14.0.